The zero-order valence-corrected chi connectivity index (χ0v) is 17.2. The number of benzene rings is 1. The summed E-state index contributed by atoms with van der Waals surface area (Å²) in [6.07, 6.45) is 3.32. The highest BCUT2D eigenvalue weighted by Crippen LogP contribution is 2.29. The van der Waals surface area contributed by atoms with E-state index >= 15 is 0 Å². The average Bonchev–Trinajstić information content (AvgIpc) is 2.62. The van der Waals surface area contributed by atoms with Crippen LogP contribution in [0.4, 0.5) is 0 Å². The molecule has 1 aliphatic rings. The van der Waals surface area contributed by atoms with Crippen LogP contribution in [0.2, 0.25) is 0 Å². The zero-order chi connectivity index (χ0) is 20.0. The summed E-state index contributed by atoms with van der Waals surface area (Å²) in [5.74, 6) is 1.25. The average molecular weight is 376 g/mol. The lowest BCUT2D eigenvalue weighted by atomic mass is 9.78. The highest BCUT2D eigenvalue weighted by Gasteiger charge is 2.28. The number of carbonyl (C=O) groups is 2. The monoisotopic (exact) mass is 375 g/mol. The van der Waals surface area contributed by atoms with E-state index in [0.717, 1.165) is 24.0 Å². The van der Waals surface area contributed by atoms with Crippen LogP contribution in [-0.4, -0.2) is 31.1 Å². The smallest absolute Gasteiger partial charge is 0.344 e. The first kappa shape index (κ1) is 21.3. The van der Waals surface area contributed by atoms with Gasteiger partial charge in [-0.3, -0.25) is 4.79 Å². The van der Waals surface area contributed by atoms with Gasteiger partial charge in [0.15, 0.2) is 13.2 Å². The van der Waals surface area contributed by atoms with E-state index in [1.807, 2.05) is 25.1 Å². The van der Waals surface area contributed by atoms with Gasteiger partial charge in [-0.1, -0.05) is 52.7 Å². The number of hydrogen-bond donors (Lipinski definition) is 1. The maximum absolute atomic E-state index is 12.1. The molecule has 0 saturated heterocycles. The Bertz CT molecular complexity index is 656. The molecule has 27 heavy (non-hydrogen) atoms. The highest BCUT2D eigenvalue weighted by atomic mass is 16.6. The number of rotatable bonds is 7. The Morgan fingerprint density at radius 2 is 1.93 bits per heavy atom. The first-order valence-corrected chi connectivity index (χ1v) is 9.96. The van der Waals surface area contributed by atoms with E-state index in [1.165, 1.54) is 6.42 Å². The number of amides is 1. The van der Waals surface area contributed by atoms with Crippen LogP contribution < -0.4 is 10.1 Å². The molecule has 5 heteroatoms. The molecule has 1 amide bonds. The Balaban J connectivity index is 1.78. The molecule has 1 aromatic carbocycles. The molecule has 1 aromatic rings. The molecule has 0 bridgehead atoms. The maximum atomic E-state index is 12.1. The summed E-state index contributed by atoms with van der Waals surface area (Å²) in [6.45, 7) is 10.1. The topological polar surface area (TPSA) is 64.6 Å². The highest BCUT2D eigenvalue weighted by molar-refractivity contribution is 5.81. The standard InChI is InChI=1S/C22H33NO4/c1-14(2)18-10-9-15(3)11-20(18)26-13-22(25)27-12-21(24)23-19-8-6-7-16(4)17(19)5/h9-11,14,16-17,19H,6-8,12-13H2,1-5H3,(H,23,24)/t16-,17+,19-/m1/s1. The third-order valence-electron chi connectivity index (χ3n) is 5.55. The fourth-order valence-electron chi connectivity index (χ4n) is 3.60. The number of ether oxygens (including phenoxy) is 2. The van der Waals surface area contributed by atoms with Crippen molar-refractivity contribution in [1.29, 1.82) is 0 Å². The van der Waals surface area contributed by atoms with Crippen LogP contribution in [0.1, 0.15) is 64.0 Å². The Hall–Kier alpha value is -2.04. The van der Waals surface area contributed by atoms with Crippen LogP contribution in [0.5, 0.6) is 5.75 Å². The van der Waals surface area contributed by atoms with Crippen molar-refractivity contribution in [2.45, 2.75) is 65.8 Å². The SMILES string of the molecule is Cc1ccc(C(C)C)c(OCC(=O)OCC(=O)N[C@@H]2CCC[C@@H](C)[C@@H]2C)c1. The minimum absolute atomic E-state index is 0.164. The first-order valence-electron chi connectivity index (χ1n) is 9.96. The second kappa shape index (κ2) is 9.77. The molecule has 0 aromatic heterocycles. The first-order chi connectivity index (χ1) is 12.8. The molecule has 1 N–H and O–H groups in total. The van der Waals surface area contributed by atoms with Gasteiger partial charge in [0.05, 0.1) is 0 Å². The summed E-state index contributed by atoms with van der Waals surface area (Å²) < 4.78 is 10.7. The minimum atomic E-state index is -0.536. The lowest BCUT2D eigenvalue weighted by molar-refractivity contribution is -0.150. The van der Waals surface area contributed by atoms with Gasteiger partial charge in [0.2, 0.25) is 0 Å². The van der Waals surface area contributed by atoms with Crippen LogP contribution in [0.15, 0.2) is 18.2 Å². The molecule has 150 valence electrons. The fraction of sp³-hybridized carbons (Fsp3) is 0.636. The van der Waals surface area contributed by atoms with Gasteiger partial charge in [-0.2, -0.15) is 0 Å². The number of aryl methyl sites for hydroxylation is 1. The van der Waals surface area contributed by atoms with Crippen molar-refractivity contribution in [3.63, 3.8) is 0 Å². The van der Waals surface area contributed by atoms with Gasteiger partial charge in [0, 0.05) is 6.04 Å². The minimum Gasteiger partial charge on any atom is -0.482 e. The van der Waals surface area contributed by atoms with Gasteiger partial charge >= 0.3 is 5.97 Å². The molecule has 1 aliphatic carbocycles. The molecule has 0 heterocycles. The Morgan fingerprint density at radius 1 is 1.19 bits per heavy atom. The van der Waals surface area contributed by atoms with Crippen LogP contribution in [0.3, 0.4) is 0 Å². The van der Waals surface area contributed by atoms with Crippen LogP contribution >= 0.6 is 0 Å². The lowest BCUT2D eigenvalue weighted by Crippen LogP contribution is -2.45. The summed E-state index contributed by atoms with van der Waals surface area (Å²) in [6, 6.07) is 6.12. The van der Waals surface area contributed by atoms with E-state index in [2.05, 4.69) is 33.0 Å². The molecule has 0 unspecified atom stereocenters. The number of hydrogen-bond acceptors (Lipinski definition) is 4. The van der Waals surface area contributed by atoms with Crippen LogP contribution in [0.25, 0.3) is 0 Å². The molecular formula is C22H33NO4. The van der Waals surface area contributed by atoms with Gasteiger partial charge in [0.25, 0.3) is 5.91 Å². The second-order valence-corrected chi connectivity index (χ2v) is 8.09. The van der Waals surface area contributed by atoms with Gasteiger partial charge in [-0.15, -0.1) is 0 Å². The molecule has 0 spiro atoms. The predicted molar refractivity (Wildman–Crippen MR) is 106 cm³/mol. The van der Waals surface area contributed by atoms with E-state index in [9.17, 15) is 9.59 Å². The molecule has 3 atom stereocenters. The normalized spacial score (nSPS) is 22.4. The summed E-state index contributed by atoms with van der Waals surface area (Å²) in [5, 5.41) is 3.00. The van der Waals surface area contributed by atoms with E-state index in [4.69, 9.17) is 9.47 Å². The van der Waals surface area contributed by atoms with E-state index < -0.39 is 5.97 Å². The van der Waals surface area contributed by atoms with Crippen LogP contribution in [0, 0.1) is 18.8 Å². The van der Waals surface area contributed by atoms with Gasteiger partial charge in [-0.25, -0.2) is 4.79 Å². The maximum Gasteiger partial charge on any atom is 0.344 e. The summed E-state index contributed by atoms with van der Waals surface area (Å²) >= 11 is 0. The van der Waals surface area contributed by atoms with Crippen molar-refractivity contribution in [3.8, 4) is 5.75 Å². The van der Waals surface area contributed by atoms with Crippen molar-refractivity contribution in [3.05, 3.63) is 29.3 Å². The largest absolute Gasteiger partial charge is 0.482 e. The molecule has 5 nitrogen and oxygen atoms in total. The summed E-state index contributed by atoms with van der Waals surface area (Å²) in [7, 11) is 0. The van der Waals surface area contributed by atoms with E-state index in [1.54, 1.807) is 0 Å². The molecule has 0 radical (unpaired) electrons. The Morgan fingerprint density at radius 3 is 2.63 bits per heavy atom. The second-order valence-electron chi connectivity index (χ2n) is 8.09. The zero-order valence-electron chi connectivity index (χ0n) is 17.2. The third kappa shape index (κ3) is 6.26. The summed E-state index contributed by atoms with van der Waals surface area (Å²) in [5.41, 5.74) is 2.12. The van der Waals surface area contributed by atoms with Gasteiger partial charge in [0.1, 0.15) is 5.75 Å². The molecule has 0 aliphatic heterocycles. The quantitative estimate of drug-likeness (QED) is 0.732. The van der Waals surface area contributed by atoms with Crippen molar-refractivity contribution in [2.24, 2.45) is 11.8 Å². The molecule has 1 fully saturated rings. The molecule has 2 rings (SSSR count). The van der Waals surface area contributed by atoms with Crippen molar-refractivity contribution < 1.29 is 19.1 Å². The predicted octanol–water partition coefficient (Wildman–Crippen LogP) is 3.98. The Labute approximate surface area is 162 Å². The fourth-order valence-corrected chi connectivity index (χ4v) is 3.60. The van der Waals surface area contributed by atoms with Gasteiger partial charge < -0.3 is 14.8 Å². The van der Waals surface area contributed by atoms with E-state index in [0.29, 0.717) is 23.5 Å². The number of carbonyl (C=O) groups excluding carboxylic acids is 2. The van der Waals surface area contributed by atoms with Crippen LogP contribution in [-0.2, 0) is 14.3 Å². The Kier molecular flexibility index (Phi) is 7.69. The van der Waals surface area contributed by atoms with E-state index in [-0.39, 0.29) is 25.2 Å². The summed E-state index contributed by atoms with van der Waals surface area (Å²) in [4.78, 5) is 24.1. The number of nitrogens with one attached hydrogen (secondary N) is 1. The van der Waals surface area contributed by atoms with Crippen molar-refractivity contribution in [1.82, 2.24) is 5.32 Å². The third-order valence-corrected chi connectivity index (χ3v) is 5.55. The number of esters is 1. The lowest BCUT2D eigenvalue weighted by Gasteiger charge is -2.34. The molecule has 1 saturated carbocycles. The van der Waals surface area contributed by atoms with Gasteiger partial charge in [-0.05, 0) is 48.3 Å². The van der Waals surface area contributed by atoms with Crippen molar-refractivity contribution in [2.75, 3.05) is 13.2 Å². The van der Waals surface area contributed by atoms with Crippen molar-refractivity contribution >= 4 is 11.9 Å². The molecular weight excluding hydrogens is 342 g/mol.